The minimum atomic E-state index is -0.622. The van der Waals surface area contributed by atoms with Crippen LogP contribution in [0.1, 0.15) is 11.1 Å². The van der Waals surface area contributed by atoms with Crippen LogP contribution in [0.5, 0.6) is 6.01 Å². The van der Waals surface area contributed by atoms with E-state index in [-0.39, 0.29) is 18.4 Å². The summed E-state index contributed by atoms with van der Waals surface area (Å²) in [5, 5.41) is 8.90. The first-order valence-electron chi connectivity index (χ1n) is 7.75. The number of aliphatic imine (C=N–C) groups is 1. The summed E-state index contributed by atoms with van der Waals surface area (Å²) >= 11 is 0. The van der Waals surface area contributed by atoms with Gasteiger partial charge in [-0.2, -0.15) is 10.2 Å². The molecule has 25 heavy (non-hydrogen) atoms. The Balaban J connectivity index is 1.66. The van der Waals surface area contributed by atoms with Crippen molar-refractivity contribution in [2.75, 3.05) is 26.3 Å². The Hall–Kier alpha value is -3.05. The van der Waals surface area contributed by atoms with E-state index < -0.39 is 5.82 Å². The quantitative estimate of drug-likeness (QED) is 0.611. The van der Waals surface area contributed by atoms with Gasteiger partial charge in [0.15, 0.2) is 11.6 Å². The third kappa shape index (κ3) is 4.71. The molecule has 0 spiro atoms. The van der Waals surface area contributed by atoms with Gasteiger partial charge >= 0.3 is 6.01 Å². The van der Waals surface area contributed by atoms with E-state index in [1.54, 1.807) is 24.5 Å². The van der Waals surface area contributed by atoms with Crippen molar-refractivity contribution in [2.24, 2.45) is 4.99 Å². The summed E-state index contributed by atoms with van der Waals surface area (Å²) in [6.45, 7) is 2.82. The molecule has 0 atom stereocenters. The van der Waals surface area contributed by atoms with Crippen molar-refractivity contribution < 1.29 is 13.9 Å². The SMILES string of the molecule is N#Cc1cccc(COc2ncc(F)c(/N=C/N3CCOCC3)n2)c1. The highest BCUT2D eigenvalue weighted by Gasteiger charge is 2.09. The fourth-order valence-electron chi connectivity index (χ4n) is 2.21. The summed E-state index contributed by atoms with van der Waals surface area (Å²) in [7, 11) is 0. The van der Waals surface area contributed by atoms with Crippen LogP contribution in [0.2, 0.25) is 0 Å². The maximum atomic E-state index is 13.8. The Labute approximate surface area is 144 Å². The van der Waals surface area contributed by atoms with Gasteiger partial charge in [-0.25, -0.2) is 14.4 Å². The molecule has 8 heteroatoms. The molecule has 0 radical (unpaired) electrons. The number of hydrogen-bond acceptors (Lipinski definition) is 6. The number of ether oxygens (including phenoxy) is 2. The van der Waals surface area contributed by atoms with Gasteiger partial charge < -0.3 is 14.4 Å². The molecule has 7 nitrogen and oxygen atoms in total. The minimum absolute atomic E-state index is 0.0258. The second-order valence-corrected chi connectivity index (χ2v) is 5.32. The monoisotopic (exact) mass is 341 g/mol. The molecule has 1 saturated heterocycles. The molecule has 0 bridgehead atoms. The van der Waals surface area contributed by atoms with Crippen molar-refractivity contribution >= 4 is 12.2 Å². The average Bonchev–Trinajstić information content (AvgIpc) is 2.67. The van der Waals surface area contributed by atoms with Crippen molar-refractivity contribution in [3.05, 3.63) is 47.4 Å². The van der Waals surface area contributed by atoms with E-state index in [1.165, 1.54) is 0 Å². The van der Waals surface area contributed by atoms with Crippen molar-refractivity contribution in [2.45, 2.75) is 6.61 Å². The Morgan fingerprint density at radius 2 is 2.24 bits per heavy atom. The van der Waals surface area contributed by atoms with Crippen molar-refractivity contribution in [3.63, 3.8) is 0 Å². The summed E-state index contributed by atoms with van der Waals surface area (Å²) in [4.78, 5) is 13.8. The predicted octanol–water partition coefficient (Wildman–Crippen LogP) is 2.06. The standard InChI is InChI=1S/C17H16FN5O2/c18-15-10-20-17(25-11-14-3-1-2-13(8-14)9-19)22-16(15)21-12-23-4-6-24-7-5-23/h1-3,8,10,12H,4-7,11H2/b21-12+. The van der Waals surface area contributed by atoms with Gasteiger partial charge in [0.2, 0.25) is 0 Å². The number of hydrogen-bond donors (Lipinski definition) is 0. The molecule has 0 N–H and O–H groups in total. The third-order valence-corrected chi connectivity index (χ3v) is 3.52. The second-order valence-electron chi connectivity index (χ2n) is 5.32. The smallest absolute Gasteiger partial charge is 0.318 e. The van der Waals surface area contributed by atoms with Gasteiger partial charge in [-0.3, -0.25) is 0 Å². The number of nitriles is 1. The Morgan fingerprint density at radius 3 is 3.04 bits per heavy atom. The Kier molecular flexibility index (Phi) is 5.49. The number of benzene rings is 1. The molecule has 3 rings (SSSR count). The first-order chi connectivity index (χ1) is 12.2. The van der Waals surface area contributed by atoms with Crippen LogP contribution in [0.15, 0.2) is 35.5 Å². The van der Waals surface area contributed by atoms with Gasteiger partial charge in [0, 0.05) is 13.1 Å². The largest absolute Gasteiger partial charge is 0.459 e. The zero-order valence-electron chi connectivity index (χ0n) is 13.4. The van der Waals surface area contributed by atoms with Crippen LogP contribution in [0, 0.1) is 17.1 Å². The maximum Gasteiger partial charge on any atom is 0.318 e. The van der Waals surface area contributed by atoms with E-state index in [2.05, 4.69) is 21.0 Å². The third-order valence-electron chi connectivity index (χ3n) is 3.52. The normalized spacial score (nSPS) is 14.5. The highest BCUT2D eigenvalue weighted by atomic mass is 19.1. The van der Waals surface area contributed by atoms with Crippen LogP contribution >= 0.6 is 0 Å². The lowest BCUT2D eigenvalue weighted by atomic mass is 10.1. The van der Waals surface area contributed by atoms with E-state index in [0.717, 1.165) is 11.8 Å². The highest BCUT2D eigenvalue weighted by Crippen LogP contribution is 2.17. The molecule has 2 heterocycles. The average molecular weight is 341 g/mol. The zero-order valence-corrected chi connectivity index (χ0v) is 13.4. The molecule has 0 aliphatic carbocycles. The summed E-state index contributed by atoms with van der Waals surface area (Å²) in [6, 6.07) is 9.09. The highest BCUT2D eigenvalue weighted by molar-refractivity contribution is 5.60. The van der Waals surface area contributed by atoms with Gasteiger partial charge in [0.1, 0.15) is 6.61 Å². The van der Waals surface area contributed by atoms with Crippen molar-refractivity contribution in [1.82, 2.24) is 14.9 Å². The molecule has 2 aromatic rings. The fourth-order valence-corrected chi connectivity index (χ4v) is 2.21. The van der Waals surface area contributed by atoms with Crippen LogP contribution in [0.3, 0.4) is 0 Å². The van der Waals surface area contributed by atoms with Gasteiger partial charge in [-0.05, 0) is 17.7 Å². The van der Waals surface area contributed by atoms with Crippen LogP contribution < -0.4 is 4.74 Å². The molecule has 1 aliphatic rings. The van der Waals surface area contributed by atoms with Crippen molar-refractivity contribution in [3.8, 4) is 12.1 Å². The summed E-state index contributed by atoms with van der Waals surface area (Å²) < 4.78 is 24.5. The Morgan fingerprint density at radius 1 is 1.40 bits per heavy atom. The van der Waals surface area contributed by atoms with Crippen LogP contribution in [-0.4, -0.2) is 47.5 Å². The molecule has 128 valence electrons. The van der Waals surface area contributed by atoms with Gasteiger partial charge in [0.25, 0.3) is 0 Å². The fraction of sp³-hybridized carbons (Fsp3) is 0.294. The number of halogens is 1. The molecule has 1 aliphatic heterocycles. The van der Waals surface area contributed by atoms with E-state index in [4.69, 9.17) is 14.7 Å². The number of morpholine rings is 1. The molecular weight excluding hydrogens is 325 g/mol. The van der Waals surface area contributed by atoms with E-state index in [9.17, 15) is 4.39 Å². The molecule has 0 unspecified atom stereocenters. The summed E-state index contributed by atoms with van der Waals surface area (Å²) in [5.41, 5.74) is 1.34. The van der Waals surface area contributed by atoms with Crippen LogP contribution in [0.25, 0.3) is 0 Å². The second kappa shape index (κ2) is 8.17. The topological polar surface area (TPSA) is 83.6 Å². The van der Waals surface area contributed by atoms with Gasteiger partial charge in [-0.1, -0.05) is 12.1 Å². The molecule has 1 fully saturated rings. The minimum Gasteiger partial charge on any atom is -0.459 e. The van der Waals surface area contributed by atoms with Crippen LogP contribution in [-0.2, 0) is 11.3 Å². The lowest BCUT2D eigenvalue weighted by molar-refractivity contribution is 0.0701. The van der Waals surface area contributed by atoms with Gasteiger partial charge in [0.05, 0.1) is 37.4 Å². The Bertz CT molecular complexity index is 800. The molecular formula is C17H16FN5O2. The first-order valence-corrected chi connectivity index (χ1v) is 7.75. The molecule has 0 saturated carbocycles. The zero-order chi connectivity index (χ0) is 17.5. The summed E-state index contributed by atoms with van der Waals surface area (Å²) in [6.07, 6.45) is 2.58. The first kappa shape index (κ1) is 16.8. The van der Waals surface area contributed by atoms with E-state index in [0.29, 0.717) is 31.9 Å². The predicted molar refractivity (Wildman–Crippen MR) is 88.0 cm³/mol. The lowest BCUT2D eigenvalue weighted by Gasteiger charge is -2.23. The van der Waals surface area contributed by atoms with Gasteiger partial charge in [-0.15, -0.1) is 0 Å². The summed E-state index contributed by atoms with van der Waals surface area (Å²) in [5.74, 6) is -0.703. The van der Waals surface area contributed by atoms with Crippen molar-refractivity contribution in [1.29, 1.82) is 5.26 Å². The number of nitrogens with zero attached hydrogens (tertiary/aromatic N) is 5. The molecule has 0 amide bonds. The molecule has 1 aromatic heterocycles. The lowest BCUT2D eigenvalue weighted by Crippen LogP contribution is -2.35. The number of rotatable bonds is 5. The van der Waals surface area contributed by atoms with E-state index >= 15 is 0 Å². The number of aromatic nitrogens is 2. The van der Waals surface area contributed by atoms with Crippen LogP contribution in [0.4, 0.5) is 10.2 Å². The molecule has 1 aromatic carbocycles. The maximum absolute atomic E-state index is 13.8. The van der Waals surface area contributed by atoms with E-state index in [1.807, 2.05) is 11.0 Å².